The monoisotopic (exact) mass is 413 g/mol. The van der Waals surface area contributed by atoms with E-state index in [2.05, 4.69) is 10.1 Å². The average Bonchev–Trinajstić information content (AvgIpc) is 3.18. The molecule has 10 heteroatoms. The van der Waals surface area contributed by atoms with Gasteiger partial charge in [-0.3, -0.25) is 9.69 Å². The minimum Gasteiger partial charge on any atom is -0.458 e. The zero-order valence-corrected chi connectivity index (χ0v) is 17.2. The van der Waals surface area contributed by atoms with Crippen molar-refractivity contribution in [2.75, 3.05) is 18.1 Å². The predicted octanol–water partition coefficient (Wildman–Crippen LogP) is 0.963. The molecule has 30 heavy (non-hydrogen) atoms. The number of carbonyl (C=O) groups is 2. The van der Waals surface area contributed by atoms with E-state index < -0.39 is 29.2 Å². The standard InChI is InChI=1S/C20H23N5O5/c1-19(2,3)30-17(27)16(26)20(4)18(28)24(9-10-29-20)15-6-8-25(23-15)14-5-7-22-13(11-14)12-21/h5-8,11,16,26H,9-10H2,1-4H3. The maximum absolute atomic E-state index is 13.1. The van der Waals surface area contributed by atoms with Crippen LogP contribution in [-0.2, 0) is 19.1 Å². The Labute approximate surface area is 173 Å². The van der Waals surface area contributed by atoms with E-state index in [1.54, 1.807) is 45.2 Å². The maximum Gasteiger partial charge on any atom is 0.339 e. The summed E-state index contributed by atoms with van der Waals surface area (Å²) in [6, 6.07) is 6.82. The lowest BCUT2D eigenvalue weighted by Crippen LogP contribution is -2.63. The lowest BCUT2D eigenvalue weighted by Gasteiger charge is -2.40. The van der Waals surface area contributed by atoms with Crippen molar-refractivity contribution in [3.63, 3.8) is 0 Å². The molecule has 2 aromatic heterocycles. The minimum atomic E-state index is -1.81. The van der Waals surface area contributed by atoms with Crippen LogP contribution in [0.3, 0.4) is 0 Å². The van der Waals surface area contributed by atoms with Crippen molar-refractivity contribution in [2.45, 2.75) is 45.0 Å². The topological polar surface area (TPSA) is 131 Å². The van der Waals surface area contributed by atoms with Gasteiger partial charge < -0.3 is 14.6 Å². The average molecular weight is 413 g/mol. The van der Waals surface area contributed by atoms with E-state index in [4.69, 9.17) is 14.7 Å². The van der Waals surface area contributed by atoms with Gasteiger partial charge in [0.1, 0.15) is 17.4 Å². The molecule has 3 heterocycles. The number of anilines is 1. The van der Waals surface area contributed by atoms with Crippen LogP contribution in [0.25, 0.3) is 5.69 Å². The molecule has 158 valence electrons. The van der Waals surface area contributed by atoms with Gasteiger partial charge in [-0.1, -0.05) is 0 Å². The summed E-state index contributed by atoms with van der Waals surface area (Å²) in [5.41, 5.74) is -1.79. The van der Waals surface area contributed by atoms with Gasteiger partial charge in [0.15, 0.2) is 17.5 Å². The van der Waals surface area contributed by atoms with Gasteiger partial charge in [0.25, 0.3) is 5.91 Å². The van der Waals surface area contributed by atoms with Gasteiger partial charge in [0, 0.05) is 24.5 Å². The van der Waals surface area contributed by atoms with Gasteiger partial charge in [-0.2, -0.15) is 5.26 Å². The number of aromatic nitrogens is 3. The summed E-state index contributed by atoms with van der Waals surface area (Å²) in [6.07, 6.45) is 1.33. The fraction of sp³-hybridized carbons (Fsp3) is 0.450. The SMILES string of the molecule is CC(C)(C)OC(=O)C(O)C1(C)OCCN(c2ccn(-c3ccnc(C#N)c3)n2)C1=O. The second-order valence-corrected chi connectivity index (χ2v) is 7.98. The molecule has 1 saturated heterocycles. The van der Waals surface area contributed by atoms with Gasteiger partial charge >= 0.3 is 5.97 Å². The Morgan fingerprint density at radius 2 is 2.17 bits per heavy atom. The molecule has 0 bridgehead atoms. The number of rotatable bonds is 4. The van der Waals surface area contributed by atoms with Gasteiger partial charge in [-0.05, 0) is 33.8 Å². The Kier molecular flexibility index (Phi) is 5.61. The van der Waals surface area contributed by atoms with E-state index in [0.717, 1.165) is 0 Å². The molecule has 1 N–H and O–H groups in total. The number of pyridine rings is 1. The summed E-state index contributed by atoms with van der Waals surface area (Å²) in [6.45, 7) is 6.65. The van der Waals surface area contributed by atoms with Crippen molar-refractivity contribution >= 4 is 17.7 Å². The second-order valence-electron chi connectivity index (χ2n) is 7.98. The largest absolute Gasteiger partial charge is 0.458 e. The first kappa shape index (κ1) is 21.4. The fourth-order valence-electron chi connectivity index (χ4n) is 3.00. The Bertz CT molecular complexity index is 1010. The van der Waals surface area contributed by atoms with Gasteiger partial charge in [-0.15, -0.1) is 5.10 Å². The molecule has 1 aliphatic rings. The molecule has 1 aliphatic heterocycles. The highest BCUT2D eigenvalue weighted by atomic mass is 16.6. The normalized spacial score (nSPS) is 20.5. The quantitative estimate of drug-likeness (QED) is 0.734. The highest BCUT2D eigenvalue weighted by Crippen LogP contribution is 2.28. The molecule has 0 aromatic carbocycles. The smallest absolute Gasteiger partial charge is 0.339 e. The number of hydrogen-bond donors (Lipinski definition) is 1. The lowest BCUT2D eigenvalue weighted by molar-refractivity contribution is -0.191. The molecule has 10 nitrogen and oxygen atoms in total. The zero-order chi connectivity index (χ0) is 22.1. The summed E-state index contributed by atoms with van der Waals surface area (Å²) < 4.78 is 12.2. The van der Waals surface area contributed by atoms with Crippen LogP contribution in [0, 0.1) is 11.3 Å². The van der Waals surface area contributed by atoms with Crippen molar-refractivity contribution in [1.29, 1.82) is 5.26 Å². The Morgan fingerprint density at radius 3 is 2.83 bits per heavy atom. The van der Waals surface area contributed by atoms with Crippen LogP contribution in [0.2, 0.25) is 0 Å². The van der Waals surface area contributed by atoms with Crippen LogP contribution in [0.15, 0.2) is 30.6 Å². The number of nitrogens with zero attached hydrogens (tertiary/aromatic N) is 5. The Morgan fingerprint density at radius 1 is 1.43 bits per heavy atom. The minimum absolute atomic E-state index is 0.1000. The van der Waals surface area contributed by atoms with Gasteiger partial charge in [0.05, 0.1) is 18.8 Å². The number of aliphatic hydroxyl groups excluding tert-OH is 1. The third-order valence-corrected chi connectivity index (χ3v) is 4.51. The number of nitriles is 1. The number of amides is 1. The van der Waals surface area contributed by atoms with Crippen molar-refractivity contribution in [2.24, 2.45) is 0 Å². The van der Waals surface area contributed by atoms with Crippen LogP contribution in [0.4, 0.5) is 5.82 Å². The Balaban J connectivity index is 1.84. The molecule has 0 radical (unpaired) electrons. The van der Waals surface area contributed by atoms with E-state index in [9.17, 15) is 14.7 Å². The van der Waals surface area contributed by atoms with Crippen LogP contribution >= 0.6 is 0 Å². The summed E-state index contributed by atoms with van der Waals surface area (Å²) in [5.74, 6) is -1.22. The van der Waals surface area contributed by atoms with Crippen LogP contribution < -0.4 is 4.90 Å². The van der Waals surface area contributed by atoms with E-state index >= 15 is 0 Å². The fourth-order valence-corrected chi connectivity index (χ4v) is 3.00. The van der Waals surface area contributed by atoms with Crippen molar-refractivity contribution in [3.8, 4) is 11.8 Å². The molecule has 2 unspecified atom stereocenters. The van der Waals surface area contributed by atoms with Crippen molar-refractivity contribution in [1.82, 2.24) is 14.8 Å². The van der Waals surface area contributed by atoms with Crippen LogP contribution in [0.1, 0.15) is 33.4 Å². The predicted molar refractivity (Wildman–Crippen MR) is 105 cm³/mol. The first-order valence-electron chi connectivity index (χ1n) is 9.34. The first-order valence-corrected chi connectivity index (χ1v) is 9.34. The number of hydrogen-bond acceptors (Lipinski definition) is 8. The molecule has 2 atom stereocenters. The van der Waals surface area contributed by atoms with Crippen molar-refractivity contribution < 1.29 is 24.2 Å². The molecule has 0 saturated carbocycles. The molecule has 3 rings (SSSR count). The molecule has 0 spiro atoms. The number of ether oxygens (including phenoxy) is 2. The third kappa shape index (κ3) is 4.17. The van der Waals surface area contributed by atoms with Gasteiger partial charge in [-0.25, -0.2) is 14.5 Å². The third-order valence-electron chi connectivity index (χ3n) is 4.51. The van der Waals surface area contributed by atoms with Crippen LogP contribution in [0.5, 0.6) is 0 Å². The van der Waals surface area contributed by atoms with E-state index in [0.29, 0.717) is 11.5 Å². The highest BCUT2D eigenvalue weighted by Gasteiger charge is 2.52. The lowest BCUT2D eigenvalue weighted by atomic mass is 9.95. The number of morpholine rings is 1. The number of carbonyl (C=O) groups excluding carboxylic acids is 2. The summed E-state index contributed by atoms with van der Waals surface area (Å²) in [5, 5.41) is 23.9. The molecule has 0 aliphatic carbocycles. The Hall–Kier alpha value is -3.29. The first-order chi connectivity index (χ1) is 14.0. The van der Waals surface area contributed by atoms with Gasteiger partial charge in [0.2, 0.25) is 0 Å². The van der Waals surface area contributed by atoms with Crippen molar-refractivity contribution in [3.05, 3.63) is 36.3 Å². The molecule has 1 amide bonds. The highest BCUT2D eigenvalue weighted by molar-refractivity contribution is 6.02. The van der Waals surface area contributed by atoms with E-state index in [1.165, 1.54) is 22.7 Å². The summed E-state index contributed by atoms with van der Waals surface area (Å²) in [7, 11) is 0. The zero-order valence-electron chi connectivity index (χ0n) is 17.2. The molecule has 2 aromatic rings. The maximum atomic E-state index is 13.1. The van der Waals surface area contributed by atoms with E-state index in [1.807, 2.05) is 6.07 Å². The van der Waals surface area contributed by atoms with Crippen LogP contribution in [-0.4, -0.2) is 62.2 Å². The summed E-state index contributed by atoms with van der Waals surface area (Å²) >= 11 is 0. The molecular weight excluding hydrogens is 390 g/mol. The molecule has 1 fully saturated rings. The number of aliphatic hydroxyl groups is 1. The van der Waals surface area contributed by atoms with E-state index in [-0.39, 0.29) is 18.8 Å². The molecular formula is C20H23N5O5. The summed E-state index contributed by atoms with van der Waals surface area (Å²) in [4.78, 5) is 30.7. The second kappa shape index (κ2) is 7.85. The number of esters is 1.